The van der Waals surface area contributed by atoms with Gasteiger partial charge in [0, 0.05) is 57.7 Å². The number of hydrogen-bond acceptors (Lipinski definition) is 6. The normalized spacial score (nSPS) is 16.5. The minimum absolute atomic E-state index is 0.0431. The van der Waals surface area contributed by atoms with Gasteiger partial charge in [0.25, 0.3) is 5.91 Å². The van der Waals surface area contributed by atoms with Gasteiger partial charge in [0.2, 0.25) is 0 Å². The van der Waals surface area contributed by atoms with Crippen molar-refractivity contribution < 1.29 is 24.2 Å². The van der Waals surface area contributed by atoms with Crippen molar-refractivity contribution >= 4 is 23.7 Å². The predicted octanol–water partition coefficient (Wildman–Crippen LogP) is 2.85. The van der Waals surface area contributed by atoms with Crippen LogP contribution in [0.2, 0.25) is 0 Å². The highest BCUT2D eigenvalue weighted by atomic mass is 35.5. The maximum Gasteiger partial charge on any atom is 0.317 e. The number of ether oxygens (including phenoxy) is 2. The fourth-order valence-corrected chi connectivity index (χ4v) is 4.27. The standard InChI is InChI=1S/C25H41ClN4O5/c1-18(2)19(15-21(27)22(31)17-29-12-8-11-28-25(29)33)16-30(26)24(32)20-9-4-5-10-23(20)35-14-7-6-13-34-3/h4-5,9-10,18-19,21-22,31H,6-8,11-17,27H2,1-3H3,(H,28,33)/t19-,21+,22+/m1/s1. The third kappa shape index (κ3) is 9.48. The summed E-state index contributed by atoms with van der Waals surface area (Å²) in [6, 6.07) is 6.32. The molecule has 1 aliphatic heterocycles. The zero-order chi connectivity index (χ0) is 25.8. The molecule has 1 aromatic rings. The second-order valence-electron chi connectivity index (χ2n) is 9.40. The van der Waals surface area contributed by atoms with Crippen LogP contribution in [-0.4, -0.2) is 85.0 Å². The number of nitrogens with zero attached hydrogens (tertiary/aromatic N) is 2. The molecule has 1 saturated heterocycles. The lowest BCUT2D eigenvalue weighted by molar-refractivity contribution is 0.0759. The lowest BCUT2D eigenvalue weighted by atomic mass is 9.87. The number of rotatable bonds is 15. The smallest absolute Gasteiger partial charge is 0.317 e. The Hall–Kier alpha value is -2.07. The van der Waals surface area contributed by atoms with Crippen LogP contribution in [0.3, 0.4) is 0 Å². The number of carbonyl (C=O) groups excluding carboxylic acids is 2. The minimum Gasteiger partial charge on any atom is -0.493 e. The maximum absolute atomic E-state index is 13.1. The van der Waals surface area contributed by atoms with Crippen LogP contribution in [0.5, 0.6) is 5.75 Å². The van der Waals surface area contributed by atoms with Crippen molar-refractivity contribution in [2.45, 2.75) is 51.7 Å². The SMILES string of the molecule is COCCCCOc1ccccc1C(=O)N(Cl)C[C@@H](C[C@H](N)[C@@H](O)CN1CCCNC1=O)C(C)C. The van der Waals surface area contributed by atoms with Gasteiger partial charge in [-0.1, -0.05) is 26.0 Å². The Kier molecular flexibility index (Phi) is 12.6. The molecule has 0 aliphatic carbocycles. The Morgan fingerprint density at radius 3 is 2.69 bits per heavy atom. The van der Waals surface area contributed by atoms with Crippen LogP contribution < -0.4 is 15.8 Å². The second-order valence-corrected chi connectivity index (χ2v) is 9.80. The number of carbonyl (C=O) groups is 2. The zero-order valence-electron chi connectivity index (χ0n) is 21.1. The number of hydrogen-bond donors (Lipinski definition) is 3. The molecule has 0 aromatic heterocycles. The summed E-state index contributed by atoms with van der Waals surface area (Å²) in [4.78, 5) is 26.7. The first-order valence-electron chi connectivity index (χ1n) is 12.4. The Bertz CT molecular complexity index is 797. The van der Waals surface area contributed by atoms with Gasteiger partial charge in [0.1, 0.15) is 5.75 Å². The third-order valence-corrected chi connectivity index (χ3v) is 6.61. The average Bonchev–Trinajstić information content (AvgIpc) is 2.84. The number of amides is 3. The van der Waals surface area contributed by atoms with Crippen LogP contribution in [-0.2, 0) is 4.74 Å². The van der Waals surface area contributed by atoms with Gasteiger partial charge in [-0.15, -0.1) is 0 Å². The van der Waals surface area contributed by atoms with Crippen molar-refractivity contribution in [3.05, 3.63) is 29.8 Å². The van der Waals surface area contributed by atoms with E-state index < -0.39 is 12.1 Å². The Balaban J connectivity index is 1.95. The van der Waals surface area contributed by atoms with Crippen molar-refractivity contribution in [2.75, 3.05) is 46.5 Å². The van der Waals surface area contributed by atoms with Gasteiger partial charge in [-0.3, -0.25) is 9.21 Å². The molecule has 0 saturated carbocycles. The number of para-hydroxylation sites is 1. The number of benzene rings is 1. The summed E-state index contributed by atoms with van der Waals surface area (Å²) in [5.74, 6) is 0.281. The monoisotopic (exact) mass is 512 g/mol. The van der Waals surface area contributed by atoms with E-state index in [9.17, 15) is 14.7 Å². The minimum atomic E-state index is -0.869. The molecule has 1 aliphatic rings. The number of methoxy groups -OCH3 is 1. The fourth-order valence-electron chi connectivity index (χ4n) is 4.00. The number of aliphatic hydroxyl groups is 1. The quantitative estimate of drug-likeness (QED) is 0.246. The molecule has 0 spiro atoms. The van der Waals surface area contributed by atoms with E-state index in [2.05, 4.69) is 5.32 Å². The first-order chi connectivity index (χ1) is 16.7. The molecule has 9 nitrogen and oxygen atoms in total. The van der Waals surface area contributed by atoms with Crippen LogP contribution in [0.15, 0.2) is 24.3 Å². The zero-order valence-corrected chi connectivity index (χ0v) is 21.9. The Labute approximate surface area is 214 Å². The third-order valence-electron chi connectivity index (χ3n) is 6.32. The van der Waals surface area contributed by atoms with E-state index in [0.29, 0.717) is 44.0 Å². The van der Waals surface area contributed by atoms with Gasteiger partial charge in [0.05, 0.1) is 18.3 Å². The van der Waals surface area contributed by atoms with Crippen LogP contribution >= 0.6 is 11.8 Å². The van der Waals surface area contributed by atoms with Crippen LogP contribution in [0.4, 0.5) is 4.79 Å². The molecule has 198 valence electrons. The fraction of sp³-hybridized carbons (Fsp3) is 0.680. The van der Waals surface area contributed by atoms with Crippen molar-refractivity contribution in [1.29, 1.82) is 0 Å². The molecule has 4 N–H and O–H groups in total. The molecule has 1 heterocycles. The molecule has 10 heteroatoms. The highest BCUT2D eigenvalue weighted by Crippen LogP contribution is 2.25. The molecule has 2 rings (SSSR count). The van der Waals surface area contributed by atoms with E-state index in [4.69, 9.17) is 27.0 Å². The van der Waals surface area contributed by atoms with Crippen molar-refractivity contribution in [3.63, 3.8) is 0 Å². The van der Waals surface area contributed by atoms with Gasteiger partial charge in [-0.25, -0.2) is 4.79 Å². The summed E-state index contributed by atoms with van der Waals surface area (Å²) < 4.78 is 12.1. The number of β-amino-alcohol motifs (C(OH)–C–C–N with tert-alkyl or cyclic N) is 1. The number of unbranched alkanes of at least 4 members (excludes halogenated alkanes) is 1. The lowest BCUT2D eigenvalue weighted by Crippen LogP contribution is -2.52. The number of halogens is 1. The van der Waals surface area contributed by atoms with Gasteiger partial charge in [-0.2, -0.15) is 0 Å². The second kappa shape index (κ2) is 15.1. The number of urea groups is 1. The van der Waals surface area contributed by atoms with E-state index in [1.54, 1.807) is 30.2 Å². The topological polar surface area (TPSA) is 117 Å². The maximum atomic E-state index is 13.1. The van der Waals surface area contributed by atoms with Crippen LogP contribution in [0.1, 0.15) is 49.9 Å². The summed E-state index contributed by atoms with van der Waals surface area (Å²) in [6.45, 7) is 6.91. The van der Waals surface area contributed by atoms with E-state index in [0.717, 1.165) is 19.3 Å². The number of aliphatic hydroxyl groups excluding tert-OH is 1. The lowest BCUT2D eigenvalue weighted by Gasteiger charge is -2.33. The molecule has 1 fully saturated rings. The molecule has 3 amide bonds. The first kappa shape index (κ1) is 29.2. The summed E-state index contributed by atoms with van der Waals surface area (Å²) in [5.41, 5.74) is 6.71. The van der Waals surface area contributed by atoms with Gasteiger partial charge in [0.15, 0.2) is 0 Å². The summed E-state index contributed by atoms with van der Waals surface area (Å²) in [7, 11) is 1.66. The largest absolute Gasteiger partial charge is 0.493 e. The molecule has 35 heavy (non-hydrogen) atoms. The number of nitrogens with two attached hydrogens (primary N) is 1. The van der Waals surface area contributed by atoms with Crippen molar-refractivity contribution in [2.24, 2.45) is 17.6 Å². The predicted molar refractivity (Wildman–Crippen MR) is 136 cm³/mol. The van der Waals surface area contributed by atoms with Crippen molar-refractivity contribution in [3.8, 4) is 5.75 Å². The molecule has 0 radical (unpaired) electrons. The first-order valence-corrected chi connectivity index (χ1v) is 12.7. The highest BCUT2D eigenvalue weighted by molar-refractivity contribution is 6.24. The summed E-state index contributed by atoms with van der Waals surface area (Å²) >= 11 is 6.46. The van der Waals surface area contributed by atoms with E-state index >= 15 is 0 Å². The van der Waals surface area contributed by atoms with Gasteiger partial charge >= 0.3 is 6.03 Å². The van der Waals surface area contributed by atoms with Gasteiger partial charge < -0.3 is 30.5 Å². The highest BCUT2D eigenvalue weighted by Gasteiger charge is 2.29. The van der Waals surface area contributed by atoms with E-state index in [1.165, 1.54) is 4.42 Å². The molecular weight excluding hydrogens is 472 g/mol. The van der Waals surface area contributed by atoms with E-state index in [-0.39, 0.29) is 36.9 Å². The Morgan fingerprint density at radius 1 is 1.29 bits per heavy atom. The molecule has 3 atom stereocenters. The van der Waals surface area contributed by atoms with E-state index in [1.807, 2.05) is 19.9 Å². The molecule has 0 unspecified atom stereocenters. The average molecular weight is 513 g/mol. The summed E-state index contributed by atoms with van der Waals surface area (Å²) in [5, 5.41) is 13.4. The Morgan fingerprint density at radius 2 is 2.00 bits per heavy atom. The van der Waals surface area contributed by atoms with Gasteiger partial charge in [-0.05, 0) is 49.7 Å². The molecule has 1 aromatic carbocycles. The molecular formula is C25H41ClN4O5. The van der Waals surface area contributed by atoms with Crippen LogP contribution in [0, 0.1) is 11.8 Å². The van der Waals surface area contributed by atoms with Crippen LogP contribution in [0.25, 0.3) is 0 Å². The number of nitrogens with one attached hydrogen (secondary N) is 1. The summed E-state index contributed by atoms with van der Waals surface area (Å²) in [6.07, 6.45) is 2.12. The van der Waals surface area contributed by atoms with Crippen molar-refractivity contribution in [1.82, 2.24) is 14.6 Å². The molecule has 0 bridgehead atoms.